The van der Waals surface area contributed by atoms with E-state index in [2.05, 4.69) is 0 Å². The van der Waals surface area contributed by atoms with Gasteiger partial charge >= 0.3 is 0 Å². The lowest BCUT2D eigenvalue weighted by molar-refractivity contribution is 0.111. The predicted molar refractivity (Wildman–Crippen MR) is 155 cm³/mol. The number of aldehydes is 2. The molecule has 0 radical (unpaired) electrons. The summed E-state index contributed by atoms with van der Waals surface area (Å²) in [5.41, 5.74) is 3.16. The van der Waals surface area contributed by atoms with Crippen LogP contribution in [0.3, 0.4) is 0 Å². The Morgan fingerprint density at radius 2 is 1.12 bits per heavy atom. The zero-order valence-corrected chi connectivity index (χ0v) is 23.6. The molecule has 10 nitrogen and oxygen atoms in total. The van der Waals surface area contributed by atoms with E-state index in [0.717, 1.165) is 17.4 Å². The molecule has 0 saturated heterocycles. The highest BCUT2D eigenvalue weighted by molar-refractivity contribution is 5.77. The molecule has 220 valence electrons. The van der Waals surface area contributed by atoms with E-state index in [0.29, 0.717) is 52.4 Å². The van der Waals surface area contributed by atoms with Crippen molar-refractivity contribution in [3.8, 4) is 46.0 Å². The number of phenols is 3. The molecular formula is C32H32O10. The number of carbonyl (C=O) groups is 2. The van der Waals surface area contributed by atoms with Crippen molar-refractivity contribution in [2.45, 2.75) is 13.0 Å². The van der Waals surface area contributed by atoms with Crippen LogP contribution in [0.25, 0.3) is 0 Å². The van der Waals surface area contributed by atoms with Crippen LogP contribution in [0.2, 0.25) is 0 Å². The summed E-state index contributed by atoms with van der Waals surface area (Å²) in [7, 11) is 5.89. The van der Waals surface area contributed by atoms with E-state index in [1.807, 2.05) is 0 Å². The van der Waals surface area contributed by atoms with Crippen molar-refractivity contribution >= 4 is 12.6 Å². The lowest BCUT2D eigenvalue weighted by Gasteiger charge is -2.12. The van der Waals surface area contributed by atoms with E-state index in [4.69, 9.17) is 23.7 Å². The Hall–Kier alpha value is -5.38. The Kier molecular flexibility index (Phi) is 11.0. The lowest BCUT2D eigenvalue weighted by Crippen LogP contribution is -1.99. The largest absolute Gasteiger partial charge is 0.504 e. The molecular weight excluding hydrogens is 544 g/mol. The molecule has 42 heavy (non-hydrogen) atoms. The molecule has 4 aromatic carbocycles. The summed E-state index contributed by atoms with van der Waals surface area (Å²) < 4.78 is 26.0. The molecule has 0 saturated carbocycles. The van der Waals surface area contributed by atoms with Gasteiger partial charge in [0, 0.05) is 23.1 Å². The van der Waals surface area contributed by atoms with E-state index in [1.54, 1.807) is 54.6 Å². The smallest absolute Gasteiger partial charge is 0.161 e. The minimum atomic E-state index is -0.00450. The van der Waals surface area contributed by atoms with Crippen LogP contribution in [0.5, 0.6) is 46.0 Å². The Labute approximate surface area is 243 Å². The van der Waals surface area contributed by atoms with E-state index in [1.165, 1.54) is 40.6 Å². The van der Waals surface area contributed by atoms with Gasteiger partial charge in [0.2, 0.25) is 0 Å². The lowest BCUT2D eigenvalue weighted by atomic mass is 10.0. The van der Waals surface area contributed by atoms with Gasteiger partial charge in [-0.3, -0.25) is 9.59 Å². The first-order chi connectivity index (χ1) is 20.3. The topological polar surface area (TPSA) is 141 Å². The van der Waals surface area contributed by atoms with Crippen molar-refractivity contribution in [1.82, 2.24) is 0 Å². The summed E-state index contributed by atoms with van der Waals surface area (Å²) in [5.74, 6) is 2.14. The second-order valence-corrected chi connectivity index (χ2v) is 8.85. The van der Waals surface area contributed by atoms with E-state index >= 15 is 0 Å². The normalized spacial score (nSPS) is 10.1. The molecule has 0 unspecified atom stereocenters. The van der Waals surface area contributed by atoms with Gasteiger partial charge in [-0.15, -0.1) is 0 Å². The molecule has 4 aromatic rings. The first kappa shape index (κ1) is 31.2. The van der Waals surface area contributed by atoms with Crippen LogP contribution in [0, 0.1) is 0 Å². The number of hydrogen-bond donors (Lipinski definition) is 3. The second-order valence-electron chi connectivity index (χ2n) is 8.85. The van der Waals surface area contributed by atoms with Crippen molar-refractivity contribution in [3.05, 3.63) is 94.5 Å². The van der Waals surface area contributed by atoms with Crippen LogP contribution in [0.15, 0.2) is 66.7 Å². The minimum absolute atomic E-state index is 0.00450. The van der Waals surface area contributed by atoms with Gasteiger partial charge in [-0.2, -0.15) is 0 Å². The fourth-order valence-corrected chi connectivity index (χ4v) is 3.95. The number of carbonyl (C=O) groups excluding carboxylic acids is 2. The monoisotopic (exact) mass is 576 g/mol. The van der Waals surface area contributed by atoms with Crippen molar-refractivity contribution in [1.29, 1.82) is 0 Å². The molecule has 0 spiro atoms. The Morgan fingerprint density at radius 1 is 0.571 bits per heavy atom. The van der Waals surface area contributed by atoms with Gasteiger partial charge in [-0.1, -0.05) is 12.1 Å². The summed E-state index contributed by atoms with van der Waals surface area (Å²) in [6, 6.07) is 17.9. The van der Waals surface area contributed by atoms with Gasteiger partial charge in [-0.25, -0.2) is 0 Å². The molecule has 10 heteroatoms. The van der Waals surface area contributed by atoms with Gasteiger partial charge < -0.3 is 39.0 Å². The SMILES string of the molecule is COc1cc(COc2ccc(C=O)cc2OC)ccc1O.COc1cc(Cc2cc(C=O)cc(OC)c2O)ccc1O. The van der Waals surface area contributed by atoms with Crippen molar-refractivity contribution in [2.75, 3.05) is 28.4 Å². The van der Waals surface area contributed by atoms with E-state index in [9.17, 15) is 24.9 Å². The first-order valence-corrected chi connectivity index (χ1v) is 12.6. The Bertz CT molecular complexity index is 1530. The van der Waals surface area contributed by atoms with Crippen LogP contribution in [-0.4, -0.2) is 56.3 Å². The van der Waals surface area contributed by atoms with Crippen molar-refractivity contribution < 1.29 is 48.6 Å². The molecule has 0 bridgehead atoms. The maximum Gasteiger partial charge on any atom is 0.161 e. The molecule has 0 aliphatic heterocycles. The standard InChI is InChI=1S/2C16H16O5/c1-19-15-8-12(3-5-13(15)18)10-21-14-6-4-11(9-17)7-16(14)20-2;1-20-14-7-10(3-4-13(14)18)5-12-6-11(9-17)8-15(21-2)16(12)19/h3-9,18H,10H2,1-2H3;3-4,6-9,18-19H,5H2,1-2H3. The highest BCUT2D eigenvalue weighted by Gasteiger charge is 2.13. The third-order valence-corrected chi connectivity index (χ3v) is 6.13. The zero-order chi connectivity index (χ0) is 30.6. The molecule has 0 aliphatic rings. The molecule has 0 fully saturated rings. The number of phenolic OH excluding ortho intramolecular Hbond substituents is 3. The molecule has 3 N–H and O–H groups in total. The highest BCUT2D eigenvalue weighted by Crippen LogP contribution is 2.34. The molecule has 0 aliphatic carbocycles. The number of rotatable bonds is 11. The Balaban J connectivity index is 0.000000230. The maximum absolute atomic E-state index is 10.9. The van der Waals surface area contributed by atoms with Gasteiger partial charge in [0.05, 0.1) is 28.4 Å². The molecule has 0 aromatic heterocycles. The molecule has 4 rings (SSSR count). The summed E-state index contributed by atoms with van der Waals surface area (Å²) in [4.78, 5) is 21.7. The Morgan fingerprint density at radius 3 is 1.69 bits per heavy atom. The van der Waals surface area contributed by atoms with Gasteiger partial charge in [0.25, 0.3) is 0 Å². The minimum Gasteiger partial charge on any atom is -0.504 e. The third-order valence-electron chi connectivity index (χ3n) is 6.13. The van der Waals surface area contributed by atoms with Crippen LogP contribution in [-0.2, 0) is 13.0 Å². The predicted octanol–water partition coefficient (Wildman–Crippen LogP) is 5.32. The van der Waals surface area contributed by atoms with Gasteiger partial charge in [0.1, 0.15) is 19.2 Å². The number of hydrogen-bond acceptors (Lipinski definition) is 10. The summed E-state index contributed by atoms with van der Waals surface area (Å²) >= 11 is 0. The number of ether oxygens (including phenoxy) is 5. The first-order valence-electron chi connectivity index (χ1n) is 12.6. The number of methoxy groups -OCH3 is 4. The molecule has 0 atom stereocenters. The number of aromatic hydroxyl groups is 3. The van der Waals surface area contributed by atoms with E-state index < -0.39 is 0 Å². The van der Waals surface area contributed by atoms with Crippen molar-refractivity contribution in [2.24, 2.45) is 0 Å². The average Bonchev–Trinajstić information content (AvgIpc) is 3.02. The fourth-order valence-electron chi connectivity index (χ4n) is 3.95. The molecule has 0 amide bonds. The summed E-state index contributed by atoms with van der Waals surface area (Å²) in [6.07, 6.45) is 1.82. The van der Waals surface area contributed by atoms with Crippen LogP contribution >= 0.6 is 0 Å². The summed E-state index contributed by atoms with van der Waals surface area (Å²) in [5, 5.41) is 29.3. The van der Waals surface area contributed by atoms with Gasteiger partial charge in [0.15, 0.2) is 46.0 Å². The summed E-state index contributed by atoms with van der Waals surface area (Å²) in [6.45, 7) is 0.285. The fraction of sp³-hybridized carbons (Fsp3) is 0.188. The van der Waals surface area contributed by atoms with Crippen LogP contribution < -0.4 is 23.7 Å². The third kappa shape index (κ3) is 7.85. The number of benzene rings is 4. The van der Waals surface area contributed by atoms with Crippen molar-refractivity contribution in [3.63, 3.8) is 0 Å². The second kappa shape index (κ2) is 14.8. The quantitative estimate of drug-likeness (QED) is 0.201. The van der Waals surface area contributed by atoms with Crippen LogP contribution in [0.1, 0.15) is 37.4 Å². The molecule has 0 heterocycles. The maximum atomic E-state index is 10.9. The average molecular weight is 577 g/mol. The highest BCUT2D eigenvalue weighted by atomic mass is 16.5. The van der Waals surface area contributed by atoms with E-state index in [-0.39, 0.29) is 29.6 Å². The van der Waals surface area contributed by atoms with Gasteiger partial charge in [-0.05, 0) is 65.7 Å². The zero-order valence-electron chi connectivity index (χ0n) is 23.6. The van der Waals surface area contributed by atoms with Crippen LogP contribution in [0.4, 0.5) is 0 Å².